The molecule has 1 aromatic rings. The number of hydrogen-bond donors (Lipinski definition) is 8. The molecule has 368 valence electrons. The number of carboxylic acids is 2. The van der Waals surface area contributed by atoms with Crippen LogP contribution in [0.3, 0.4) is 0 Å². The van der Waals surface area contributed by atoms with Gasteiger partial charge in [0.15, 0.2) is 0 Å². The molecule has 0 fully saturated rings. The molecule has 0 aromatic heterocycles. The lowest BCUT2D eigenvalue weighted by Gasteiger charge is -2.15. The van der Waals surface area contributed by atoms with E-state index in [-0.39, 0.29) is 121 Å². The molecule has 2 atom stereocenters. The Hall–Kier alpha value is -5.18. The Kier molecular flexibility index (Phi) is 34.9. The topological polar surface area (TPSA) is 286 Å². The molecule has 65 heavy (non-hydrogen) atoms. The molecule has 0 heterocycles. The van der Waals surface area contributed by atoms with Gasteiger partial charge in [0.05, 0.1) is 39.6 Å². The van der Waals surface area contributed by atoms with Gasteiger partial charge < -0.3 is 61.1 Å². The summed E-state index contributed by atoms with van der Waals surface area (Å²) in [5.74, 6) is -4.41. The normalized spacial score (nSPS) is 11.8. The number of carboxylic acid groups (broad SMARTS) is 2. The standard InChI is InChI=1S/C45H74N6O14/c1-2-3-11-23-47-42(56)33-64-31-30-63-28-26-49-43(57)34-65-32-29-62-27-25-48-39(53)22-20-36(44(58)59)50-40(54)17-10-5-4-6-12-24-46-38(52)21-19-37(45(60)61)51-41(55)18-13-16-35-14-8-7-9-15-35/h7-9,14-15,36-37H,2-6,10-13,16-34H2,1H3,(H,46,52)(H,47,56)(H,48,53)(H,49,57)(H,50,54)(H,51,55)(H,58,59)(H,60,61)/t36-,37-/m0/s1. The van der Waals surface area contributed by atoms with Gasteiger partial charge in [0.25, 0.3) is 0 Å². The first-order valence-corrected chi connectivity index (χ1v) is 22.9. The van der Waals surface area contributed by atoms with Crippen LogP contribution in [0.5, 0.6) is 0 Å². The van der Waals surface area contributed by atoms with E-state index >= 15 is 0 Å². The van der Waals surface area contributed by atoms with Gasteiger partial charge in [-0.05, 0) is 50.5 Å². The number of aliphatic carboxylic acids is 2. The number of rotatable bonds is 42. The van der Waals surface area contributed by atoms with E-state index in [2.05, 4.69) is 38.8 Å². The number of ether oxygens (including phenoxy) is 4. The van der Waals surface area contributed by atoms with E-state index < -0.39 is 35.8 Å². The van der Waals surface area contributed by atoms with Gasteiger partial charge in [-0.1, -0.05) is 69.4 Å². The van der Waals surface area contributed by atoms with E-state index in [4.69, 9.17) is 18.9 Å². The fourth-order valence-electron chi connectivity index (χ4n) is 6.04. The van der Waals surface area contributed by atoms with Crippen molar-refractivity contribution in [3.8, 4) is 0 Å². The highest BCUT2D eigenvalue weighted by molar-refractivity contribution is 5.85. The lowest BCUT2D eigenvalue weighted by atomic mass is 10.1. The van der Waals surface area contributed by atoms with Crippen molar-refractivity contribution in [1.29, 1.82) is 0 Å². The summed E-state index contributed by atoms with van der Waals surface area (Å²) >= 11 is 0. The quantitative estimate of drug-likeness (QED) is 0.0434. The molecule has 0 spiro atoms. The monoisotopic (exact) mass is 923 g/mol. The third kappa shape index (κ3) is 34.8. The van der Waals surface area contributed by atoms with Crippen molar-refractivity contribution >= 4 is 47.4 Å². The highest BCUT2D eigenvalue weighted by Crippen LogP contribution is 2.08. The van der Waals surface area contributed by atoms with E-state index in [1.165, 1.54) is 0 Å². The van der Waals surface area contributed by atoms with Crippen LogP contribution in [0.25, 0.3) is 0 Å². The average Bonchev–Trinajstić information content (AvgIpc) is 3.28. The zero-order chi connectivity index (χ0) is 47.8. The van der Waals surface area contributed by atoms with Crippen LogP contribution in [-0.2, 0) is 63.7 Å². The number of benzene rings is 1. The van der Waals surface area contributed by atoms with Gasteiger partial charge in [0, 0.05) is 51.9 Å². The van der Waals surface area contributed by atoms with Crippen molar-refractivity contribution in [1.82, 2.24) is 31.9 Å². The van der Waals surface area contributed by atoms with Crippen LogP contribution >= 0.6 is 0 Å². The second-order valence-electron chi connectivity index (χ2n) is 15.3. The Morgan fingerprint density at radius 2 is 0.892 bits per heavy atom. The molecule has 8 N–H and O–H groups in total. The summed E-state index contributed by atoms with van der Waals surface area (Å²) in [6.07, 6.45) is 7.93. The third-order valence-corrected chi connectivity index (χ3v) is 9.65. The second kappa shape index (κ2) is 39.2. The molecule has 0 aliphatic heterocycles. The highest BCUT2D eigenvalue weighted by Gasteiger charge is 2.22. The van der Waals surface area contributed by atoms with E-state index in [0.717, 1.165) is 37.7 Å². The van der Waals surface area contributed by atoms with Crippen LogP contribution < -0.4 is 31.9 Å². The highest BCUT2D eigenvalue weighted by atomic mass is 16.5. The van der Waals surface area contributed by atoms with Crippen LogP contribution in [0.2, 0.25) is 0 Å². The third-order valence-electron chi connectivity index (χ3n) is 9.65. The van der Waals surface area contributed by atoms with Crippen molar-refractivity contribution in [3.63, 3.8) is 0 Å². The molecule has 1 aromatic carbocycles. The largest absolute Gasteiger partial charge is 0.480 e. The van der Waals surface area contributed by atoms with E-state index in [1.807, 2.05) is 30.3 Å². The number of unbranched alkanes of at least 4 members (excludes halogenated alkanes) is 6. The molecule has 0 saturated carbocycles. The van der Waals surface area contributed by atoms with E-state index in [0.29, 0.717) is 51.8 Å². The van der Waals surface area contributed by atoms with Crippen LogP contribution in [-0.4, -0.2) is 149 Å². The van der Waals surface area contributed by atoms with Crippen LogP contribution in [0.1, 0.15) is 109 Å². The van der Waals surface area contributed by atoms with Gasteiger partial charge in [0.1, 0.15) is 25.3 Å². The molecule has 1 rings (SSSR count). The average molecular weight is 923 g/mol. The predicted octanol–water partition coefficient (Wildman–Crippen LogP) is 1.77. The number of amides is 6. The number of carbonyl (C=O) groups excluding carboxylic acids is 6. The minimum atomic E-state index is -1.24. The summed E-state index contributed by atoms with van der Waals surface area (Å²) in [5.41, 5.74) is 1.10. The zero-order valence-electron chi connectivity index (χ0n) is 38.1. The maximum atomic E-state index is 12.4. The fraction of sp³-hybridized carbons (Fsp3) is 0.689. The first-order chi connectivity index (χ1) is 31.4. The summed E-state index contributed by atoms with van der Waals surface area (Å²) in [7, 11) is 0. The maximum absolute atomic E-state index is 12.4. The predicted molar refractivity (Wildman–Crippen MR) is 240 cm³/mol. The fourth-order valence-corrected chi connectivity index (χ4v) is 6.04. The minimum Gasteiger partial charge on any atom is -0.480 e. The molecular weight excluding hydrogens is 849 g/mol. The van der Waals surface area contributed by atoms with Gasteiger partial charge in [0.2, 0.25) is 35.4 Å². The van der Waals surface area contributed by atoms with Crippen LogP contribution in [0.4, 0.5) is 0 Å². The molecule has 0 bridgehead atoms. The summed E-state index contributed by atoms with van der Waals surface area (Å²) < 4.78 is 21.3. The van der Waals surface area contributed by atoms with Crippen LogP contribution in [0, 0.1) is 0 Å². The van der Waals surface area contributed by atoms with Crippen molar-refractivity contribution in [2.75, 3.05) is 79.0 Å². The molecule has 6 amide bonds. The van der Waals surface area contributed by atoms with Gasteiger partial charge in [-0.3, -0.25) is 28.8 Å². The molecule has 0 radical (unpaired) electrons. The molecule has 20 heteroatoms. The smallest absolute Gasteiger partial charge is 0.326 e. The van der Waals surface area contributed by atoms with Crippen molar-refractivity contribution < 1.29 is 67.5 Å². The first-order valence-electron chi connectivity index (χ1n) is 22.9. The molecule has 0 unspecified atom stereocenters. The van der Waals surface area contributed by atoms with Gasteiger partial charge >= 0.3 is 11.9 Å². The van der Waals surface area contributed by atoms with Gasteiger partial charge in [-0.15, -0.1) is 0 Å². The van der Waals surface area contributed by atoms with Crippen molar-refractivity contribution in [3.05, 3.63) is 35.9 Å². The summed E-state index contributed by atoms with van der Waals surface area (Å²) in [6.45, 7) is 4.77. The molecule has 0 saturated heterocycles. The van der Waals surface area contributed by atoms with E-state index in [9.17, 15) is 48.6 Å². The lowest BCUT2D eigenvalue weighted by molar-refractivity contribution is -0.142. The molecule has 0 aliphatic rings. The van der Waals surface area contributed by atoms with Crippen molar-refractivity contribution in [2.24, 2.45) is 0 Å². The lowest BCUT2D eigenvalue weighted by Crippen LogP contribution is -2.41. The Bertz CT molecular complexity index is 1520. The molecule has 20 nitrogen and oxygen atoms in total. The molecular formula is C45H74N6O14. The Morgan fingerprint density at radius 1 is 0.462 bits per heavy atom. The summed E-state index contributed by atoms with van der Waals surface area (Å²) in [4.78, 5) is 95.9. The van der Waals surface area contributed by atoms with Gasteiger partial charge in [-0.25, -0.2) is 9.59 Å². The summed E-state index contributed by atoms with van der Waals surface area (Å²) in [6, 6.07) is 7.31. The number of nitrogens with one attached hydrogen (secondary N) is 6. The number of carbonyl (C=O) groups is 8. The maximum Gasteiger partial charge on any atom is 0.326 e. The van der Waals surface area contributed by atoms with Crippen LogP contribution in [0.15, 0.2) is 30.3 Å². The number of hydrogen-bond acceptors (Lipinski definition) is 12. The summed E-state index contributed by atoms with van der Waals surface area (Å²) in [5, 5.41) is 34.8. The Morgan fingerprint density at radius 3 is 1.42 bits per heavy atom. The van der Waals surface area contributed by atoms with Crippen molar-refractivity contribution in [2.45, 2.75) is 122 Å². The Balaban J connectivity index is 2.01. The molecule has 0 aliphatic carbocycles. The second-order valence-corrected chi connectivity index (χ2v) is 15.3. The Labute approximate surface area is 382 Å². The first kappa shape index (κ1) is 57.8. The zero-order valence-corrected chi connectivity index (χ0v) is 38.1. The minimum absolute atomic E-state index is 0.0208. The number of aryl methyl sites for hydroxylation is 1. The van der Waals surface area contributed by atoms with Gasteiger partial charge in [-0.2, -0.15) is 0 Å². The van der Waals surface area contributed by atoms with E-state index in [1.54, 1.807) is 0 Å². The SMILES string of the molecule is CCCCCNC(=O)COCCOCCNC(=O)COCCOCCNC(=O)CC[C@H](NC(=O)CCCCCCCNC(=O)CC[C@H](NC(=O)CCCc1ccccc1)C(=O)O)C(=O)O.